The number of rotatable bonds is 5. The van der Waals surface area contributed by atoms with Gasteiger partial charge < -0.3 is 10.1 Å². The highest BCUT2D eigenvalue weighted by atomic mass is 19.4. The van der Waals surface area contributed by atoms with Crippen LogP contribution in [-0.4, -0.2) is 15.7 Å². The number of carbonyl (C=O) groups excluding carboxylic acids is 1. The van der Waals surface area contributed by atoms with E-state index in [0.29, 0.717) is 11.5 Å². The van der Waals surface area contributed by atoms with Gasteiger partial charge in [-0.1, -0.05) is 24.3 Å². The van der Waals surface area contributed by atoms with Gasteiger partial charge in [0.05, 0.1) is 16.9 Å². The molecule has 1 amide bonds. The van der Waals surface area contributed by atoms with Gasteiger partial charge >= 0.3 is 6.18 Å². The molecule has 0 aliphatic heterocycles. The lowest BCUT2D eigenvalue weighted by molar-refractivity contribution is -0.136. The predicted molar refractivity (Wildman–Crippen MR) is 109 cm³/mol. The van der Waals surface area contributed by atoms with Crippen LogP contribution < -0.4 is 10.1 Å². The van der Waals surface area contributed by atoms with E-state index in [1.165, 1.54) is 41.3 Å². The highest BCUT2D eigenvalue weighted by Crippen LogP contribution is 2.36. The molecule has 0 bridgehead atoms. The molecule has 31 heavy (non-hydrogen) atoms. The van der Waals surface area contributed by atoms with Crippen molar-refractivity contribution in [3.63, 3.8) is 0 Å². The van der Waals surface area contributed by atoms with Crippen LogP contribution in [0.25, 0.3) is 5.69 Å². The number of benzene rings is 3. The molecule has 4 rings (SSSR count). The van der Waals surface area contributed by atoms with Crippen LogP contribution in [0.2, 0.25) is 0 Å². The monoisotopic (exact) mass is 423 g/mol. The minimum absolute atomic E-state index is 0.165. The number of ether oxygens (including phenoxy) is 1. The minimum atomic E-state index is -4.66. The normalized spacial score (nSPS) is 11.2. The second-order valence-electron chi connectivity index (χ2n) is 6.58. The summed E-state index contributed by atoms with van der Waals surface area (Å²) in [5, 5.41) is 6.29. The first-order valence-electron chi connectivity index (χ1n) is 9.26. The van der Waals surface area contributed by atoms with Gasteiger partial charge in [-0.05, 0) is 54.6 Å². The Morgan fingerprint density at radius 1 is 0.903 bits per heavy atom. The summed E-state index contributed by atoms with van der Waals surface area (Å²) in [5.41, 5.74) is -0.917. The van der Waals surface area contributed by atoms with E-state index >= 15 is 0 Å². The largest absolute Gasteiger partial charge is 0.457 e. The third kappa shape index (κ3) is 4.75. The van der Waals surface area contributed by atoms with E-state index in [9.17, 15) is 18.0 Å². The van der Waals surface area contributed by atoms with Crippen LogP contribution in [0.3, 0.4) is 0 Å². The molecule has 8 heteroatoms. The maximum Gasteiger partial charge on any atom is 0.418 e. The van der Waals surface area contributed by atoms with E-state index < -0.39 is 17.6 Å². The molecular formula is C23H16F3N3O2. The lowest BCUT2D eigenvalue weighted by Gasteiger charge is -2.16. The Hall–Kier alpha value is -4.07. The number of nitrogens with one attached hydrogen (secondary N) is 1. The van der Waals surface area contributed by atoms with Crippen LogP contribution in [0.4, 0.5) is 18.9 Å². The second-order valence-corrected chi connectivity index (χ2v) is 6.58. The number of anilines is 1. The second kappa shape index (κ2) is 8.35. The summed E-state index contributed by atoms with van der Waals surface area (Å²) >= 11 is 0. The summed E-state index contributed by atoms with van der Waals surface area (Å²) in [6.45, 7) is 0. The Morgan fingerprint density at radius 3 is 2.39 bits per heavy atom. The summed E-state index contributed by atoms with van der Waals surface area (Å²) in [6, 6.07) is 20.4. The molecule has 0 fully saturated rings. The van der Waals surface area contributed by atoms with E-state index in [-0.39, 0.29) is 16.9 Å². The summed E-state index contributed by atoms with van der Waals surface area (Å²) < 4.78 is 47.9. The van der Waals surface area contributed by atoms with Crippen molar-refractivity contribution in [3.05, 3.63) is 102 Å². The number of alkyl halides is 3. The average molecular weight is 423 g/mol. The van der Waals surface area contributed by atoms with Crippen LogP contribution in [0.5, 0.6) is 11.5 Å². The van der Waals surface area contributed by atoms with Crippen LogP contribution in [0, 0.1) is 0 Å². The number of halogens is 3. The van der Waals surface area contributed by atoms with E-state index in [0.717, 1.165) is 6.07 Å². The Bertz CT molecular complexity index is 1190. The number of hydrogen-bond acceptors (Lipinski definition) is 3. The molecule has 0 atom stereocenters. The Morgan fingerprint density at radius 2 is 1.68 bits per heavy atom. The van der Waals surface area contributed by atoms with E-state index in [1.54, 1.807) is 42.5 Å². The van der Waals surface area contributed by atoms with Crippen molar-refractivity contribution in [2.45, 2.75) is 6.18 Å². The van der Waals surface area contributed by atoms with Gasteiger partial charge in [0.2, 0.25) is 0 Å². The molecule has 0 saturated carbocycles. The highest BCUT2D eigenvalue weighted by Gasteiger charge is 2.34. The van der Waals surface area contributed by atoms with Crippen molar-refractivity contribution in [1.29, 1.82) is 0 Å². The molecule has 1 heterocycles. The quantitative estimate of drug-likeness (QED) is 0.433. The molecule has 0 unspecified atom stereocenters. The topological polar surface area (TPSA) is 56.2 Å². The molecule has 4 aromatic rings. The first-order valence-corrected chi connectivity index (χ1v) is 9.26. The van der Waals surface area contributed by atoms with E-state index in [4.69, 9.17) is 4.74 Å². The van der Waals surface area contributed by atoms with Gasteiger partial charge in [0.25, 0.3) is 5.91 Å². The predicted octanol–water partition coefficient (Wildman–Crippen LogP) is 5.94. The molecule has 0 aliphatic rings. The number of amides is 1. The van der Waals surface area contributed by atoms with Gasteiger partial charge in [0.15, 0.2) is 0 Å². The molecule has 5 nitrogen and oxygen atoms in total. The fourth-order valence-corrected chi connectivity index (χ4v) is 2.96. The van der Waals surface area contributed by atoms with Gasteiger partial charge in [0, 0.05) is 18.0 Å². The molecule has 156 valence electrons. The molecular weight excluding hydrogens is 407 g/mol. The van der Waals surface area contributed by atoms with Gasteiger partial charge in [-0.15, -0.1) is 0 Å². The molecule has 0 saturated heterocycles. The molecule has 1 N–H and O–H groups in total. The third-order valence-corrected chi connectivity index (χ3v) is 4.40. The zero-order valence-corrected chi connectivity index (χ0v) is 16.0. The van der Waals surface area contributed by atoms with Crippen molar-refractivity contribution in [3.8, 4) is 17.2 Å². The minimum Gasteiger partial charge on any atom is -0.457 e. The van der Waals surface area contributed by atoms with E-state index in [1.807, 2.05) is 6.07 Å². The maximum absolute atomic E-state index is 13.6. The smallest absolute Gasteiger partial charge is 0.418 e. The van der Waals surface area contributed by atoms with Crippen molar-refractivity contribution >= 4 is 11.6 Å². The Labute approximate surface area is 175 Å². The van der Waals surface area contributed by atoms with Crippen LogP contribution in [-0.2, 0) is 6.18 Å². The molecule has 0 radical (unpaired) electrons. The zero-order valence-electron chi connectivity index (χ0n) is 16.0. The maximum atomic E-state index is 13.6. The lowest BCUT2D eigenvalue weighted by Crippen LogP contribution is -2.17. The standard InChI is InChI=1S/C23H16F3N3O2/c24-23(25,26)20-15-17(29-13-5-12-27-29)10-11-21(20)28-22(30)16-6-4-9-19(14-16)31-18-7-2-1-3-8-18/h1-15H,(H,28,30). The number of nitrogens with zero attached hydrogens (tertiary/aromatic N) is 2. The number of hydrogen-bond donors (Lipinski definition) is 1. The van der Waals surface area contributed by atoms with Crippen molar-refractivity contribution in [1.82, 2.24) is 9.78 Å². The van der Waals surface area contributed by atoms with Gasteiger partial charge in [0.1, 0.15) is 11.5 Å². The molecule has 3 aromatic carbocycles. The van der Waals surface area contributed by atoms with Crippen LogP contribution >= 0.6 is 0 Å². The number of aromatic nitrogens is 2. The van der Waals surface area contributed by atoms with Gasteiger partial charge in [-0.25, -0.2) is 4.68 Å². The average Bonchev–Trinajstić information content (AvgIpc) is 3.29. The van der Waals surface area contributed by atoms with E-state index in [2.05, 4.69) is 10.4 Å². The van der Waals surface area contributed by atoms with Crippen LogP contribution in [0.1, 0.15) is 15.9 Å². The van der Waals surface area contributed by atoms with Gasteiger partial charge in [-0.3, -0.25) is 4.79 Å². The molecule has 0 spiro atoms. The number of para-hydroxylation sites is 1. The van der Waals surface area contributed by atoms with Gasteiger partial charge in [-0.2, -0.15) is 18.3 Å². The van der Waals surface area contributed by atoms with Crippen LogP contribution in [0.15, 0.2) is 91.3 Å². The summed E-state index contributed by atoms with van der Waals surface area (Å²) in [4.78, 5) is 12.7. The Kier molecular flexibility index (Phi) is 5.44. The summed E-state index contributed by atoms with van der Waals surface area (Å²) in [7, 11) is 0. The van der Waals surface area contributed by atoms with Crippen molar-refractivity contribution in [2.24, 2.45) is 0 Å². The first-order chi connectivity index (χ1) is 14.9. The fraction of sp³-hybridized carbons (Fsp3) is 0.0435. The highest BCUT2D eigenvalue weighted by molar-refractivity contribution is 6.05. The SMILES string of the molecule is O=C(Nc1ccc(-n2cccn2)cc1C(F)(F)F)c1cccc(Oc2ccccc2)c1. The molecule has 1 aromatic heterocycles. The lowest BCUT2D eigenvalue weighted by atomic mass is 10.1. The summed E-state index contributed by atoms with van der Waals surface area (Å²) in [6.07, 6.45) is -1.66. The third-order valence-electron chi connectivity index (χ3n) is 4.40. The van der Waals surface area contributed by atoms with Crippen molar-refractivity contribution in [2.75, 3.05) is 5.32 Å². The van der Waals surface area contributed by atoms with Crippen molar-refractivity contribution < 1.29 is 22.7 Å². The molecule has 0 aliphatic carbocycles. The summed E-state index contributed by atoms with van der Waals surface area (Å²) in [5.74, 6) is 0.286. The number of carbonyl (C=O) groups is 1. The Balaban J connectivity index is 1.59. The fourth-order valence-electron chi connectivity index (χ4n) is 2.96. The zero-order chi connectivity index (χ0) is 21.8. The first kappa shape index (κ1) is 20.2.